The molecule has 0 aromatic heterocycles. The molecule has 0 aromatic carbocycles. The summed E-state index contributed by atoms with van der Waals surface area (Å²) in [7, 11) is 0. The molecule has 1 rings (SSSR count). The minimum absolute atomic E-state index is 0.383. The van der Waals surface area contributed by atoms with Gasteiger partial charge in [0.05, 0.1) is 0 Å². The fourth-order valence-electron chi connectivity index (χ4n) is 0.542. The van der Waals surface area contributed by atoms with E-state index in [4.69, 9.17) is 10.6 Å². The van der Waals surface area contributed by atoms with Gasteiger partial charge in [-0.3, -0.25) is 4.18 Å². The van der Waals surface area contributed by atoms with Crippen LogP contribution in [-0.4, -0.2) is 10.3 Å². The molecule has 0 saturated heterocycles. The van der Waals surface area contributed by atoms with Crippen LogP contribution in [0.4, 0.5) is 0 Å². The lowest BCUT2D eigenvalue weighted by Crippen LogP contribution is -1.99. The predicted molar refractivity (Wildman–Crippen MR) is 35.6 cm³/mol. The smallest absolute Gasteiger partial charge is 0.186 e. The van der Waals surface area contributed by atoms with E-state index in [-0.39, 0.29) is 6.10 Å². The number of hydrogen-bond acceptors (Lipinski definition) is 2. The molecule has 1 aliphatic rings. The minimum atomic E-state index is -1.28. The molecule has 2 atom stereocenters. The Labute approximate surface area is 56.6 Å². The van der Waals surface area contributed by atoms with Gasteiger partial charge in [-0.25, -0.2) is 4.21 Å². The fourth-order valence-corrected chi connectivity index (χ4v) is 1.23. The first kappa shape index (κ1) is 6.53. The molecule has 2 unspecified atom stereocenters. The van der Waals surface area contributed by atoms with Crippen molar-refractivity contribution in [2.24, 2.45) is 0 Å². The SMILES string of the molecule is C#CC1C=C(C)S(=O)O1. The third-order valence-corrected chi connectivity index (χ3v) is 2.05. The summed E-state index contributed by atoms with van der Waals surface area (Å²) >= 11 is -1.28. The molecule has 1 heterocycles. The van der Waals surface area contributed by atoms with Crippen LogP contribution in [0.15, 0.2) is 11.0 Å². The Kier molecular flexibility index (Phi) is 1.70. The summed E-state index contributed by atoms with van der Waals surface area (Å²) in [4.78, 5) is 0.706. The van der Waals surface area contributed by atoms with E-state index in [0.717, 1.165) is 0 Å². The standard InChI is InChI=1S/C6H6O2S/c1-3-6-4-5(2)9(7)8-6/h1,4,6H,2H3. The molecule has 48 valence electrons. The number of terminal acetylenes is 1. The van der Waals surface area contributed by atoms with E-state index in [2.05, 4.69) is 5.92 Å². The van der Waals surface area contributed by atoms with E-state index < -0.39 is 11.1 Å². The normalized spacial score (nSPS) is 33.6. The molecule has 0 radical (unpaired) electrons. The lowest BCUT2D eigenvalue weighted by molar-refractivity contribution is 0.350. The van der Waals surface area contributed by atoms with Gasteiger partial charge in [0.25, 0.3) is 0 Å². The van der Waals surface area contributed by atoms with Gasteiger partial charge < -0.3 is 0 Å². The van der Waals surface area contributed by atoms with Crippen molar-refractivity contribution in [1.82, 2.24) is 0 Å². The van der Waals surface area contributed by atoms with Crippen LogP contribution in [0.2, 0.25) is 0 Å². The van der Waals surface area contributed by atoms with E-state index in [1.165, 1.54) is 0 Å². The second-order valence-electron chi connectivity index (χ2n) is 1.70. The Morgan fingerprint density at radius 1 is 2.00 bits per heavy atom. The summed E-state index contributed by atoms with van der Waals surface area (Å²) in [6.07, 6.45) is 6.30. The molecule has 0 N–H and O–H groups in total. The molecule has 9 heavy (non-hydrogen) atoms. The summed E-state index contributed by atoms with van der Waals surface area (Å²) in [6.45, 7) is 1.73. The average Bonchev–Trinajstić information content (AvgIpc) is 2.13. The van der Waals surface area contributed by atoms with Gasteiger partial charge in [-0.05, 0) is 13.0 Å². The van der Waals surface area contributed by atoms with Gasteiger partial charge in [0.15, 0.2) is 17.2 Å². The van der Waals surface area contributed by atoms with Crippen molar-refractivity contribution in [2.45, 2.75) is 13.0 Å². The molecule has 0 amide bonds. The van der Waals surface area contributed by atoms with Crippen molar-refractivity contribution < 1.29 is 8.39 Å². The van der Waals surface area contributed by atoms with Gasteiger partial charge in [0.1, 0.15) is 0 Å². The lowest BCUT2D eigenvalue weighted by Gasteiger charge is -1.92. The second kappa shape index (κ2) is 2.34. The summed E-state index contributed by atoms with van der Waals surface area (Å²) < 4.78 is 15.4. The highest BCUT2D eigenvalue weighted by Crippen LogP contribution is 2.15. The van der Waals surface area contributed by atoms with Crippen LogP contribution in [0.25, 0.3) is 0 Å². The van der Waals surface area contributed by atoms with Gasteiger partial charge in [0, 0.05) is 4.91 Å². The summed E-state index contributed by atoms with van der Waals surface area (Å²) in [5.41, 5.74) is 0. The summed E-state index contributed by atoms with van der Waals surface area (Å²) in [5.74, 6) is 2.33. The van der Waals surface area contributed by atoms with Crippen LogP contribution in [0.5, 0.6) is 0 Å². The van der Waals surface area contributed by atoms with Crippen molar-refractivity contribution in [3.63, 3.8) is 0 Å². The van der Waals surface area contributed by atoms with Crippen molar-refractivity contribution in [1.29, 1.82) is 0 Å². The van der Waals surface area contributed by atoms with Crippen molar-refractivity contribution in [3.05, 3.63) is 11.0 Å². The highest BCUT2D eigenvalue weighted by atomic mass is 32.2. The fraction of sp³-hybridized carbons (Fsp3) is 0.333. The molecular formula is C6H6O2S. The van der Waals surface area contributed by atoms with Gasteiger partial charge in [0.2, 0.25) is 0 Å². The number of hydrogen-bond donors (Lipinski definition) is 0. The van der Waals surface area contributed by atoms with E-state index in [1.807, 2.05) is 0 Å². The zero-order valence-electron chi connectivity index (χ0n) is 4.96. The van der Waals surface area contributed by atoms with Gasteiger partial charge in [-0.15, -0.1) is 6.42 Å². The Hall–Kier alpha value is -0.590. The second-order valence-corrected chi connectivity index (χ2v) is 3.00. The zero-order valence-corrected chi connectivity index (χ0v) is 5.77. The molecule has 0 fully saturated rings. The Bertz CT molecular complexity index is 212. The molecule has 0 saturated carbocycles. The molecule has 0 spiro atoms. The quantitative estimate of drug-likeness (QED) is 0.462. The Morgan fingerprint density at radius 2 is 2.67 bits per heavy atom. The summed E-state index contributed by atoms with van der Waals surface area (Å²) in [6, 6.07) is 0. The zero-order chi connectivity index (χ0) is 6.85. The monoisotopic (exact) mass is 142 g/mol. The maximum atomic E-state index is 10.7. The molecule has 3 heteroatoms. The average molecular weight is 142 g/mol. The van der Waals surface area contributed by atoms with Gasteiger partial charge >= 0.3 is 0 Å². The first-order valence-electron chi connectivity index (χ1n) is 2.47. The van der Waals surface area contributed by atoms with Gasteiger partial charge in [-0.1, -0.05) is 5.92 Å². The largest absolute Gasteiger partial charge is 0.266 e. The van der Waals surface area contributed by atoms with Crippen LogP contribution >= 0.6 is 0 Å². The number of allylic oxidation sites excluding steroid dienone is 1. The van der Waals surface area contributed by atoms with Crippen LogP contribution in [0.1, 0.15) is 6.92 Å². The summed E-state index contributed by atoms with van der Waals surface area (Å²) in [5, 5.41) is 0. The van der Waals surface area contributed by atoms with Gasteiger partial charge in [-0.2, -0.15) is 0 Å². The highest BCUT2D eigenvalue weighted by Gasteiger charge is 2.17. The number of rotatable bonds is 0. The third kappa shape index (κ3) is 1.21. The van der Waals surface area contributed by atoms with Crippen molar-refractivity contribution in [2.75, 3.05) is 0 Å². The first-order valence-corrected chi connectivity index (χ1v) is 3.55. The predicted octanol–water partition coefficient (Wildman–Crippen LogP) is 0.586. The first-order chi connectivity index (χ1) is 4.24. The van der Waals surface area contributed by atoms with Crippen molar-refractivity contribution >= 4 is 11.1 Å². The van der Waals surface area contributed by atoms with E-state index in [9.17, 15) is 4.21 Å². The van der Waals surface area contributed by atoms with Crippen LogP contribution < -0.4 is 0 Å². The van der Waals surface area contributed by atoms with E-state index in [1.54, 1.807) is 13.0 Å². The highest BCUT2D eigenvalue weighted by molar-refractivity contribution is 7.84. The maximum Gasteiger partial charge on any atom is 0.186 e. The van der Waals surface area contributed by atoms with Crippen LogP contribution in [0.3, 0.4) is 0 Å². The van der Waals surface area contributed by atoms with Crippen LogP contribution in [-0.2, 0) is 15.3 Å². The molecule has 2 nitrogen and oxygen atoms in total. The Balaban J connectivity index is 2.77. The topological polar surface area (TPSA) is 26.3 Å². The molecule has 0 bridgehead atoms. The van der Waals surface area contributed by atoms with E-state index >= 15 is 0 Å². The molecule has 1 aliphatic heterocycles. The molecule has 0 aromatic rings. The Morgan fingerprint density at radius 3 is 2.89 bits per heavy atom. The third-order valence-electron chi connectivity index (χ3n) is 1.00. The lowest BCUT2D eigenvalue weighted by atomic mass is 10.3. The molecule has 0 aliphatic carbocycles. The molecular weight excluding hydrogens is 136 g/mol. The van der Waals surface area contributed by atoms with Crippen molar-refractivity contribution in [3.8, 4) is 12.3 Å². The van der Waals surface area contributed by atoms with E-state index in [0.29, 0.717) is 4.91 Å². The maximum absolute atomic E-state index is 10.7. The minimum Gasteiger partial charge on any atom is -0.266 e. The van der Waals surface area contributed by atoms with Crippen LogP contribution in [0, 0.1) is 12.3 Å².